The van der Waals surface area contributed by atoms with Crippen molar-refractivity contribution >= 4 is 11.5 Å². The van der Waals surface area contributed by atoms with Gasteiger partial charge in [-0.2, -0.15) is 0 Å². The Hall–Kier alpha value is -1.90. The third-order valence-corrected chi connectivity index (χ3v) is 4.66. The van der Waals surface area contributed by atoms with Gasteiger partial charge in [0.25, 0.3) is 0 Å². The molecule has 0 saturated carbocycles. The lowest BCUT2D eigenvalue weighted by Gasteiger charge is -2.26. The fourth-order valence-corrected chi connectivity index (χ4v) is 3.18. The van der Waals surface area contributed by atoms with Gasteiger partial charge in [0.2, 0.25) is 0 Å². The normalized spacial score (nSPS) is 20.5. The van der Waals surface area contributed by atoms with Crippen molar-refractivity contribution in [2.75, 3.05) is 0 Å². The summed E-state index contributed by atoms with van der Waals surface area (Å²) in [6, 6.07) is 8.23. The molecule has 1 aromatic carbocycles. The van der Waals surface area contributed by atoms with Gasteiger partial charge in [-0.15, -0.1) is 0 Å². The van der Waals surface area contributed by atoms with Gasteiger partial charge in [-0.05, 0) is 42.5 Å². The second-order valence-electron chi connectivity index (χ2n) is 6.81. The predicted molar refractivity (Wildman–Crippen MR) is 96.7 cm³/mol. The van der Waals surface area contributed by atoms with Crippen LogP contribution in [0.3, 0.4) is 0 Å². The van der Waals surface area contributed by atoms with Crippen molar-refractivity contribution in [1.29, 1.82) is 0 Å². The lowest BCUT2D eigenvalue weighted by atomic mass is 9.83. The highest BCUT2D eigenvalue weighted by Gasteiger charge is 2.36. The summed E-state index contributed by atoms with van der Waals surface area (Å²) >= 11 is 0. The molecular formula is C21H27FO2. The molecule has 2 rings (SSSR count). The Morgan fingerprint density at radius 1 is 1.12 bits per heavy atom. The van der Waals surface area contributed by atoms with E-state index in [0.717, 1.165) is 17.6 Å². The Kier molecular flexibility index (Phi) is 6.36. The van der Waals surface area contributed by atoms with Crippen molar-refractivity contribution in [3.63, 3.8) is 0 Å². The number of allylic oxidation sites excluding steroid dienone is 3. The molecule has 1 aromatic rings. The number of aryl methyl sites for hydroxylation is 1. The largest absolute Gasteiger partial charge is 0.478 e. The van der Waals surface area contributed by atoms with E-state index in [9.17, 15) is 9.18 Å². The number of carboxylic acid groups (broad SMARTS) is 1. The number of unbranched alkanes of at least 4 members (excludes halogenated alkanes) is 4. The molecule has 1 aliphatic carbocycles. The van der Waals surface area contributed by atoms with Crippen molar-refractivity contribution in [3.8, 4) is 0 Å². The maximum atomic E-state index is 14.6. The molecule has 0 aliphatic heterocycles. The maximum Gasteiger partial charge on any atom is 0.334 e. The van der Waals surface area contributed by atoms with Crippen molar-refractivity contribution < 1.29 is 14.3 Å². The minimum Gasteiger partial charge on any atom is -0.478 e. The highest BCUT2D eigenvalue weighted by Crippen LogP contribution is 2.37. The highest BCUT2D eigenvalue weighted by atomic mass is 19.1. The van der Waals surface area contributed by atoms with Gasteiger partial charge < -0.3 is 5.11 Å². The number of aliphatic carboxylic acids is 1. The molecule has 0 radical (unpaired) electrons. The molecule has 0 amide bonds. The van der Waals surface area contributed by atoms with Crippen LogP contribution in [0.2, 0.25) is 0 Å². The summed E-state index contributed by atoms with van der Waals surface area (Å²) < 4.78 is 14.6. The summed E-state index contributed by atoms with van der Waals surface area (Å²) in [6.07, 6.45) is 10.6. The highest BCUT2D eigenvalue weighted by molar-refractivity contribution is 5.91. The quantitative estimate of drug-likeness (QED) is 0.618. The van der Waals surface area contributed by atoms with Crippen LogP contribution in [0.5, 0.6) is 0 Å². The molecule has 130 valence electrons. The number of benzene rings is 1. The van der Waals surface area contributed by atoms with E-state index in [1.807, 2.05) is 12.1 Å². The van der Waals surface area contributed by atoms with E-state index in [2.05, 4.69) is 19.1 Å². The number of rotatable bonds is 8. The van der Waals surface area contributed by atoms with Crippen LogP contribution in [0.25, 0.3) is 5.57 Å². The van der Waals surface area contributed by atoms with E-state index in [1.165, 1.54) is 50.7 Å². The van der Waals surface area contributed by atoms with Crippen molar-refractivity contribution in [2.24, 2.45) is 0 Å². The van der Waals surface area contributed by atoms with Gasteiger partial charge in [-0.1, -0.05) is 62.9 Å². The molecule has 0 bridgehead atoms. The SMILES string of the molecule is CCCCCCCc1ccc(C2=CC=C(C(=O)O)C(C)(F)C2)cc1. The lowest BCUT2D eigenvalue weighted by molar-refractivity contribution is -0.134. The average molecular weight is 330 g/mol. The van der Waals surface area contributed by atoms with Gasteiger partial charge in [-0.3, -0.25) is 0 Å². The molecule has 1 N–H and O–H groups in total. The van der Waals surface area contributed by atoms with Crippen LogP contribution in [0, 0.1) is 0 Å². The fraction of sp³-hybridized carbons (Fsp3) is 0.476. The van der Waals surface area contributed by atoms with Crippen LogP contribution >= 0.6 is 0 Å². The molecule has 0 aromatic heterocycles. The van der Waals surface area contributed by atoms with E-state index >= 15 is 0 Å². The van der Waals surface area contributed by atoms with Crippen molar-refractivity contribution in [1.82, 2.24) is 0 Å². The van der Waals surface area contributed by atoms with Gasteiger partial charge in [0.05, 0.1) is 5.57 Å². The Morgan fingerprint density at radius 3 is 2.38 bits per heavy atom. The van der Waals surface area contributed by atoms with Crippen LogP contribution in [-0.2, 0) is 11.2 Å². The van der Waals surface area contributed by atoms with Gasteiger partial charge in [0, 0.05) is 6.42 Å². The maximum absolute atomic E-state index is 14.6. The Balaban J connectivity index is 2.00. The predicted octanol–water partition coefficient (Wildman–Crippen LogP) is 5.73. The molecule has 1 unspecified atom stereocenters. The molecule has 0 heterocycles. The minimum absolute atomic E-state index is 0.0987. The Morgan fingerprint density at radius 2 is 1.79 bits per heavy atom. The van der Waals surface area contributed by atoms with Gasteiger partial charge in [0.1, 0.15) is 5.67 Å². The van der Waals surface area contributed by atoms with Gasteiger partial charge in [-0.25, -0.2) is 9.18 Å². The molecule has 0 fully saturated rings. The Bertz CT molecular complexity index is 624. The summed E-state index contributed by atoms with van der Waals surface area (Å²) in [7, 11) is 0. The molecule has 0 spiro atoms. The van der Waals surface area contributed by atoms with Crippen molar-refractivity contribution in [3.05, 3.63) is 53.1 Å². The topological polar surface area (TPSA) is 37.3 Å². The smallest absolute Gasteiger partial charge is 0.334 e. The zero-order chi connectivity index (χ0) is 17.6. The third-order valence-electron chi connectivity index (χ3n) is 4.66. The standard InChI is InChI=1S/C21H27FO2/c1-3-4-5-6-7-8-16-9-11-17(12-10-16)18-13-14-19(20(23)24)21(2,22)15-18/h9-14H,3-8,15H2,1-2H3,(H,23,24). The second kappa shape index (κ2) is 8.27. The summed E-state index contributed by atoms with van der Waals surface area (Å²) in [5, 5.41) is 9.07. The fourth-order valence-electron chi connectivity index (χ4n) is 3.18. The van der Waals surface area contributed by atoms with Gasteiger partial charge in [0.15, 0.2) is 0 Å². The summed E-state index contributed by atoms with van der Waals surface area (Å²) in [6.45, 7) is 3.56. The number of alkyl halides is 1. The van der Waals surface area contributed by atoms with Crippen LogP contribution in [0.1, 0.15) is 63.5 Å². The van der Waals surface area contributed by atoms with E-state index in [0.29, 0.717) is 0 Å². The van der Waals surface area contributed by atoms with E-state index in [1.54, 1.807) is 6.08 Å². The number of carbonyl (C=O) groups is 1. The van der Waals surface area contributed by atoms with Crippen molar-refractivity contribution in [2.45, 2.75) is 64.5 Å². The second-order valence-corrected chi connectivity index (χ2v) is 6.81. The molecule has 1 atom stereocenters. The zero-order valence-electron chi connectivity index (χ0n) is 14.6. The summed E-state index contributed by atoms with van der Waals surface area (Å²) in [5.41, 5.74) is 1.12. The minimum atomic E-state index is -1.83. The first-order valence-electron chi connectivity index (χ1n) is 8.87. The monoisotopic (exact) mass is 330 g/mol. The first-order valence-corrected chi connectivity index (χ1v) is 8.87. The number of hydrogen-bond acceptors (Lipinski definition) is 1. The lowest BCUT2D eigenvalue weighted by Crippen LogP contribution is -2.28. The van der Waals surface area contributed by atoms with E-state index < -0.39 is 11.6 Å². The molecule has 24 heavy (non-hydrogen) atoms. The third kappa shape index (κ3) is 4.80. The zero-order valence-corrected chi connectivity index (χ0v) is 14.6. The van der Waals surface area contributed by atoms with Gasteiger partial charge >= 0.3 is 5.97 Å². The average Bonchev–Trinajstić information content (AvgIpc) is 2.54. The van der Waals surface area contributed by atoms with Crippen LogP contribution in [-0.4, -0.2) is 16.7 Å². The first-order chi connectivity index (χ1) is 11.4. The first kappa shape index (κ1) is 18.4. The summed E-state index contributed by atoms with van der Waals surface area (Å²) in [4.78, 5) is 11.1. The molecule has 0 saturated heterocycles. The molecule has 3 heteroatoms. The Labute approximate surface area is 144 Å². The number of carboxylic acids is 1. The summed E-state index contributed by atoms with van der Waals surface area (Å²) in [5.74, 6) is -1.19. The molecule has 2 nitrogen and oxygen atoms in total. The molecular weight excluding hydrogens is 303 g/mol. The number of halogens is 1. The molecule has 1 aliphatic rings. The van der Waals surface area contributed by atoms with Crippen LogP contribution in [0.15, 0.2) is 42.0 Å². The van der Waals surface area contributed by atoms with Crippen LogP contribution in [0.4, 0.5) is 4.39 Å². The van der Waals surface area contributed by atoms with Crippen LogP contribution < -0.4 is 0 Å². The van der Waals surface area contributed by atoms with E-state index in [4.69, 9.17) is 5.11 Å². The number of hydrogen-bond donors (Lipinski definition) is 1. The van der Waals surface area contributed by atoms with E-state index in [-0.39, 0.29) is 12.0 Å².